The normalized spacial score (nSPS) is 10.3. The van der Waals surface area contributed by atoms with Gasteiger partial charge in [0.2, 0.25) is 0 Å². The van der Waals surface area contributed by atoms with Gasteiger partial charge in [0, 0.05) is 5.69 Å². The molecule has 2 rings (SSSR count). The molecule has 0 aliphatic heterocycles. The van der Waals surface area contributed by atoms with E-state index in [1.807, 2.05) is 55.5 Å². The second-order valence-electron chi connectivity index (χ2n) is 3.82. The van der Waals surface area contributed by atoms with Crippen molar-refractivity contribution >= 4 is 28.0 Å². The fourth-order valence-corrected chi connectivity index (χ4v) is 1.40. The molecular weight excluding hydrogens is 278 g/mol. The fraction of sp³-hybridized carbons (Fsp3) is 0.0769. The minimum absolute atomic E-state index is 0.746. The summed E-state index contributed by atoms with van der Waals surface area (Å²) in [5, 5.41) is 8.34. The number of rotatable bonds is 2. The Morgan fingerprint density at radius 1 is 1.05 bits per heavy atom. The molecule has 0 radical (unpaired) electrons. The lowest BCUT2D eigenvalue weighted by molar-refractivity contribution is 0.509. The number of nitrogen functional groups attached to an aromatic ring is 1. The van der Waals surface area contributed by atoms with Gasteiger partial charge in [-0.1, -0.05) is 18.2 Å². The molecule has 0 unspecified atom stereocenters. The van der Waals surface area contributed by atoms with Crippen molar-refractivity contribution in [1.29, 1.82) is 0 Å². The molecule has 3 N–H and O–H groups in total. The lowest BCUT2D eigenvalue weighted by atomic mass is 10.2. The Hall–Kier alpha value is -2.25. The Balaban J connectivity index is 0.000000444. The smallest absolute Gasteiger partial charge is 0.254 e. The van der Waals surface area contributed by atoms with Gasteiger partial charge in [-0.3, -0.25) is 4.55 Å². The lowest BCUT2D eigenvalue weighted by Gasteiger charge is -1.99. The van der Waals surface area contributed by atoms with Crippen molar-refractivity contribution in [2.24, 2.45) is 10.2 Å². The molecule has 7 heteroatoms. The average Bonchev–Trinajstić information content (AvgIpc) is 2.38. The zero-order valence-corrected chi connectivity index (χ0v) is 11.7. The van der Waals surface area contributed by atoms with E-state index >= 15 is 0 Å². The molecule has 0 spiro atoms. The number of thiol groups is 1. The minimum Gasteiger partial charge on any atom is -0.399 e. The van der Waals surface area contributed by atoms with E-state index in [0.717, 1.165) is 22.6 Å². The average molecular weight is 293 g/mol. The van der Waals surface area contributed by atoms with Crippen LogP contribution in [0.15, 0.2) is 58.8 Å². The summed E-state index contributed by atoms with van der Waals surface area (Å²) in [7, 11) is -3.12. The summed E-state index contributed by atoms with van der Waals surface area (Å²) >= 11 is 0. The van der Waals surface area contributed by atoms with E-state index in [2.05, 4.69) is 10.2 Å². The monoisotopic (exact) mass is 293 g/mol. The van der Waals surface area contributed by atoms with E-state index < -0.39 is 11.0 Å². The third kappa shape index (κ3) is 6.07. The number of hydrogen-bond acceptors (Lipinski definition) is 5. The number of hydrogen-bond donors (Lipinski definition) is 3. The number of nitrogens with zero attached hydrogens (tertiary/aromatic N) is 2. The van der Waals surface area contributed by atoms with Gasteiger partial charge in [0.25, 0.3) is 11.0 Å². The first-order valence-electron chi connectivity index (χ1n) is 5.65. The molecule has 20 heavy (non-hydrogen) atoms. The topological polar surface area (TPSA) is 105 Å². The molecule has 0 heterocycles. The standard InChI is InChI=1S/C13H13N3.H2O3S/c1-10-9-11(14)7-8-13(10)16-15-12-5-3-2-4-6-12;1-4(2)3/h2-9H,14H2,1H3;4H,(H,1,2,3). The van der Waals surface area contributed by atoms with Crippen LogP contribution in [-0.4, -0.2) is 13.0 Å². The Morgan fingerprint density at radius 2 is 1.65 bits per heavy atom. The van der Waals surface area contributed by atoms with Gasteiger partial charge in [-0.05, 0) is 42.8 Å². The SMILES string of the molecule is Cc1cc(N)ccc1N=Nc1ccccc1.O=[SH](=O)O. The summed E-state index contributed by atoms with van der Waals surface area (Å²) in [5.41, 5.74) is 9.13. The summed E-state index contributed by atoms with van der Waals surface area (Å²) in [5.74, 6) is 0. The second-order valence-corrected chi connectivity index (χ2v) is 4.29. The molecule has 0 atom stereocenters. The summed E-state index contributed by atoms with van der Waals surface area (Å²) < 4.78 is 24.2. The van der Waals surface area contributed by atoms with Crippen LogP contribution in [0.2, 0.25) is 0 Å². The Labute approximate surface area is 118 Å². The van der Waals surface area contributed by atoms with Crippen LogP contribution in [0.5, 0.6) is 0 Å². The Kier molecular flexibility index (Phi) is 6.34. The van der Waals surface area contributed by atoms with Crippen molar-refractivity contribution in [1.82, 2.24) is 0 Å². The highest BCUT2D eigenvalue weighted by molar-refractivity contribution is 7.66. The van der Waals surface area contributed by atoms with Crippen molar-refractivity contribution < 1.29 is 13.0 Å². The molecule has 0 amide bonds. The minimum atomic E-state index is -3.12. The number of azo groups is 1. The molecule has 6 nitrogen and oxygen atoms in total. The molecule has 0 saturated carbocycles. The zero-order chi connectivity index (χ0) is 15.0. The second kappa shape index (κ2) is 8.03. The maximum absolute atomic E-state index is 8.59. The molecule has 0 aliphatic carbocycles. The zero-order valence-electron chi connectivity index (χ0n) is 10.8. The van der Waals surface area contributed by atoms with Gasteiger partial charge in [-0.2, -0.15) is 10.2 Å². The maximum atomic E-state index is 8.59. The number of benzene rings is 2. The van der Waals surface area contributed by atoms with Gasteiger partial charge in [-0.25, -0.2) is 8.42 Å². The molecule has 0 aromatic heterocycles. The van der Waals surface area contributed by atoms with E-state index in [4.69, 9.17) is 18.7 Å². The van der Waals surface area contributed by atoms with E-state index in [9.17, 15) is 0 Å². The van der Waals surface area contributed by atoms with E-state index in [1.54, 1.807) is 0 Å². The first kappa shape index (κ1) is 15.8. The molecule has 106 valence electrons. The maximum Gasteiger partial charge on any atom is 0.254 e. The van der Waals surface area contributed by atoms with Crippen LogP contribution in [0, 0.1) is 6.92 Å². The fourth-order valence-electron chi connectivity index (χ4n) is 1.40. The first-order chi connectivity index (χ1) is 9.49. The highest BCUT2D eigenvalue weighted by Gasteiger charge is 1.96. The number of nitrogens with two attached hydrogens (primary N) is 1. The van der Waals surface area contributed by atoms with Gasteiger partial charge in [-0.15, -0.1) is 0 Å². The highest BCUT2D eigenvalue weighted by Crippen LogP contribution is 2.23. The van der Waals surface area contributed by atoms with Crippen LogP contribution in [0.1, 0.15) is 5.56 Å². The molecule has 0 saturated heterocycles. The van der Waals surface area contributed by atoms with Crippen molar-refractivity contribution in [3.8, 4) is 0 Å². The highest BCUT2D eigenvalue weighted by atomic mass is 32.2. The molecular formula is C13H15N3O3S. The van der Waals surface area contributed by atoms with E-state index in [1.165, 1.54) is 0 Å². The molecule has 0 fully saturated rings. The van der Waals surface area contributed by atoms with Crippen molar-refractivity contribution in [3.05, 3.63) is 54.1 Å². The Bertz CT molecular complexity index is 647. The van der Waals surface area contributed by atoms with E-state index in [-0.39, 0.29) is 0 Å². The predicted octanol–water partition coefficient (Wildman–Crippen LogP) is 3.06. The summed E-state index contributed by atoms with van der Waals surface area (Å²) in [6.07, 6.45) is 0. The molecule has 2 aromatic carbocycles. The van der Waals surface area contributed by atoms with Crippen LogP contribution in [0.25, 0.3) is 0 Å². The van der Waals surface area contributed by atoms with Gasteiger partial charge >= 0.3 is 0 Å². The number of anilines is 1. The lowest BCUT2D eigenvalue weighted by Crippen LogP contribution is -1.84. The third-order valence-corrected chi connectivity index (χ3v) is 2.25. The van der Waals surface area contributed by atoms with Crippen molar-refractivity contribution in [2.75, 3.05) is 5.73 Å². The van der Waals surface area contributed by atoms with Crippen LogP contribution in [0.3, 0.4) is 0 Å². The molecule has 0 aliphatic rings. The van der Waals surface area contributed by atoms with Gasteiger partial charge in [0.15, 0.2) is 0 Å². The summed E-state index contributed by atoms with van der Waals surface area (Å²) in [6, 6.07) is 15.2. The molecule has 0 bridgehead atoms. The van der Waals surface area contributed by atoms with Crippen molar-refractivity contribution in [3.63, 3.8) is 0 Å². The van der Waals surface area contributed by atoms with Crippen LogP contribution in [-0.2, 0) is 11.0 Å². The molecule has 2 aromatic rings. The summed E-state index contributed by atoms with van der Waals surface area (Å²) in [4.78, 5) is 0. The van der Waals surface area contributed by atoms with Gasteiger partial charge < -0.3 is 5.73 Å². The summed E-state index contributed by atoms with van der Waals surface area (Å²) in [6.45, 7) is 1.97. The third-order valence-electron chi connectivity index (χ3n) is 2.25. The van der Waals surface area contributed by atoms with Crippen LogP contribution in [0.4, 0.5) is 17.1 Å². The van der Waals surface area contributed by atoms with Gasteiger partial charge in [0.05, 0.1) is 11.4 Å². The number of aryl methyl sites for hydroxylation is 1. The quantitative estimate of drug-likeness (QED) is 0.342. The van der Waals surface area contributed by atoms with Crippen molar-refractivity contribution in [2.45, 2.75) is 6.92 Å². The van der Waals surface area contributed by atoms with E-state index in [0.29, 0.717) is 0 Å². The largest absolute Gasteiger partial charge is 0.399 e. The van der Waals surface area contributed by atoms with Crippen LogP contribution < -0.4 is 5.73 Å². The Morgan fingerprint density at radius 3 is 2.20 bits per heavy atom. The predicted molar refractivity (Wildman–Crippen MR) is 79.2 cm³/mol. The van der Waals surface area contributed by atoms with Crippen LogP contribution >= 0.6 is 0 Å². The first-order valence-corrected chi connectivity index (χ1v) is 6.78. The van der Waals surface area contributed by atoms with Gasteiger partial charge in [0.1, 0.15) is 0 Å².